The number of nitrogens with zero attached hydrogens (tertiary/aromatic N) is 1. The number of carboxylic acid groups (broad SMARTS) is 1. The Morgan fingerprint density at radius 1 is 1.24 bits per heavy atom. The number of hydrogen-bond donors (Lipinski definition) is 2. The van der Waals surface area contributed by atoms with Crippen molar-refractivity contribution in [3.8, 4) is 0 Å². The average Bonchev–Trinajstić information content (AvgIpc) is 2.93. The molecule has 1 saturated carbocycles. The molecule has 2 N–H and O–H groups in total. The second kappa shape index (κ2) is 7.75. The SMILES string of the molecule is CCC1C[C@H](C(=O)NCCN2CCOCC2)[C@H](C(=O)O)C1. The third kappa shape index (κ3) is 4.41. The number of carbonyl (C=O) groups is 2. The molecule has 1 heterocycles. The van der Waals surface area contributed by atoms with Crippen molar-refractivity contribution in [2.75, 3.05) is 39.4 Å². The van der Waals surface area contributed by atoms with E-state index < -0.39 is 11.9 Å². The van der Waals surface area contributed by atoms with Crippen molar-refractivity contribution in [2.24, 2.45) is 17.8 Å². The van der Waals surface area contributed by atoms with Crippen LogP contribution in [-0.4, -0.2) is 61.3 Å². The van der Waals surface area contributed by atoms with E-state index >= 15 is 0 Å². The van der Waals surface area contributed by atoms with E-state index in [-0.39, 0.29) is 11.8 Å². The minimum absolute atomic E-state index is 0.0911. The minimum atomic E-state index is -0.834. The zero-order valence-corrected chi connectivity index (χ0v) is 12.7. The Bertz CT molecular complexity index is 369. The van der Waals surface area contributed by atoms with E-state index in [1.807, 2.05) is 0 Å². The fraction of sp³-hybridized carbons (Fsp3) is 0.867. The lowest BCUT2D eigenvalue weighted by Gasteiger charge is -2.26. The highest BCUT2D eigenvalue weighted by Crippen LogP contribution is 2.38. The Kier molecular flexibility index (Phi) is 5.99. The predicted octanol–water partition coefficient (Wildman–Crippen LogP) is 0.572. The second-order valence-corrected chi connectivity index (χ2v) is 6.04. The van der Waals surface area contributed by atoms with E-state index in [0.29, 0.717) is 25.3 Å². The molecule has 1 saturated heterocycles. The monoisotopic (exact) mass is 298 g/mol. The van der Waals surface area contributed by atoms with Crippen LogP contribution in [0.15, 0.2) is 0 Å². The van der Waals surface area contributed by atoms with Crippen molar-refractivity contribution in [1.29, 1.82) is 0 Å². The molecule has 6 heteroatoms. The van der Waals surface area contributed by atoms with Gasteiger partial charge in [-0.15, -0.1) is 0 Å². The van der Waals surface area contributed by atoms with Gasteiger partial charge >= 0.3 is 5.97 Å². The van der Waals surface area contributed by atoms with Crippen molar-refractivity contribution in [3.63, 3.8) is 0 Å². The molecule has 0 aromatic carbocycles. The second-order valence-electron chi connectivity index (χ2n) is 6.04. The number of morpholine rings is 1. The van der Waals surface area contributed by atoms with Crippen LogP contribution in [0.4, 0.5) is 0 Å². The molecule has 0 aromatic heterocycles. The molecule has 0 bridgehead atoms. The Morgan fingerprint density at radius 2 is 1.90 bits per heavy atom. The van der Waals surface area contributed by atoms with E-state index in [0.717, 1.165) is 39.3 Å². The Balaban J connectivity index is 1.77. The van der Waals surface area contributed by atoms with Crippen LogP contribution in [0.1, 0.15) is 26.2 Å². The summed E-state index contributed by atoms with van der Waals surface area (Å²) < 4.78 is 5.28. The molecule has 2 rings (SSSR count). The first-order chi connectivity index (χ1) is 10.1. The Hall–Kier alpha value is -1.14. The lowest BCUT2D eigenvalue weighted by atomic mass is 9.95. The summed E-state index contributed by atoms with van der Waals surface area (Å²) in [5.41, 5.74) is 0. The fourth-order valence-electron chi connectivity index (χ4n) is 3.33. The number of amides is 1. The van der Waals surface area contributed by atoms with Crippen molar-refractivity contribution in [1.82, 2.24) is 10.2 Å². The number of rotatable bonds is 6. The normalized spacial score (nSPS) is 30.2. The molecule has 21 heavy (non-hydrogen) atoms. The van der Waals surface area contributed by atoms with Gasteiger partial charge in [0.25, 0.3) is 0 Å². The summed E-state index contributed by atoms with van der Waals surface area (Å²) in [7, 11) is 0. The van der Waals surface area contributed by atoms with Crippen LogP contribution in [0.3, 0.4) is 0 Å². The van der Waals surface area contributed by atoms with Crippen LogP contribution in [0.25, 0.3) is 0 Å². The van der Waals surface area contributed by atoms with Crippen LogP contribution in [0.2, 0.25) is 0 Å². The topological polar surface area (TPSA) is 78.9 Å². The van der Waals surface area contributed by atoms with Gasteiger partial charge in [-0.3, -0.25) is 14.5 Å². The van der Waals surface area contributed by atoms with Crippen molar-refractivity contribution in [2.45, 2.75) is 26.2 Å². The predicted molar refractivity (Wildman–Crippen MR) is 77.9 cm³/mol. The van der Waals surface area contributed by atoms with Crippen LogP contribution in [0.5, 0.6) is 0 Å². The van der Waals surface area contributed by atoms with Gasteiger partial charge in [0.05, 0.1) is 25.0 Å². The first-order valence-electron chi connectivity index (χ1n) is 7.92. The molecular formula is C15H26N2O4. The molecule has 1 aliphatic heterocycles. The average molecular weight is 298 g/mol. The first kappa shape index (κ1) is 16.2. The zero-order valence-electron chi connectivity index (χ0n) is 12.7. The minimum Gasteiger partial charge on any atom is -0.481 e. The molecule has 1 unspecified atom stereocenters. The number of ether oxygens (including phenoxy) is 1. The van der Waals surface area contributed by atoms with Crippen LogP contribution >= 0.6 is 0 Å². The van der Waals surface area contributed by atoms with E-state index in [4.69, 9.17) is 4.74 Å². The van der Waals surface area contributed by atoms with Gasteiger partial charge in [0.15, 0.2) is 0 Å². The summed E-state index contributed by atoms with van der Waals surface area (Å²) in [4.78, 5) is 25.8. The largest absolute Gasteiger partial charge is 0.481 e. The number of nitrogens with one attached hydrogen (secondary N) is 1. The van der Waals surface area contributed by atoms with Gasteiger partial charge in [0.1, 0.15) is 0 Å². The molecule has 0 aromatic rings. The highest BCUT2D eigenvalue weighted by atomic mass is 16.5. The summed E-state index contributed by atoms with van der Waals surface area (Å²) in [6, 6.07) is 0. The van der Waals surface area contributed by atoms with Gasteiger partial charge in [-0.1, -0.05) is 13.3 Å². The third-order valence-electron chi connectivity index (χ3n) is 4.72. The van der Waals surface area contributed by atoms with Gasteiger partial charge in [0.2, 0.25) is 5.91 Å². The molecule has 120 valence electrons. The molecule has 0 radical (unpaired) electrons. The molecule has 2 aliphatic rings. The molecule has 1 amide bonds. The van der Waals surface area contributed by atoms with Gasteiger partial charge in [0, 0.05) is 26.2 Å². The van der Waals surface area contributed by atoms with E-state index in [2.05, 4.69) is 17.1 Å². The Morgan fingerprint density at radius 3 is 2.52 bits per heavy atom. The summed E-state index contributed by atoms with van der Waals surface area (Å²) in [5.74, 6) is -1.44. The van der Waals surface area contributed by atoms with Crippen molar-refractivity contribution >= 4 is 11.9 Å². The third-order valence-corrected chi connectivity index (χ3v) is 4.72. The van der Waals surface area contributed by atoms with E-state index in [1.165, 1.54) is 0 Å². The number of aliphatic carboxylic acids is 1. The van der Waals surface area contributed by atoms with E-state index in [9.17, 15) is 14.7 Å². The lowest BCUT2D eigenvalue weighted by molar-refractivity contribution is -0.146. The molecule has 3 atom stereocenters. The van der Waals surface area contributed by atoms with Crippen LogP contribution < -0.4 is 5.32 Å². The maximum Gasteiger partial charge on any atom is 0.307 e. The molecule has 6 nitrogen and oxygen atoms in total. The molecule has 2 fully saturated rings. The quantitative estimate of drug-likeness (QED) is 0.749. The first-order valence-corrected chi connectivity index (χ1v) is 7.92. The maximum atomic E-state index is 12.2. The fourth-order valence-corrected chi connectivity index (χ4v) is 3.33. The number of carbonyl (C=O) groups excluding carboxylic acids is 1. The van der Waals surface area contributed by atoms with Gasteiger partial charge < -0.3 is 15.2 Å². The van der Waals surface area contributed by atoms with Crippen molar-refractivity contribution < 1.29 is 19.4 Å². The highest BCUT2D eigenvalue weighted by Gasteiger charge is 2.41. The highest BCUT2D eigenvalue weighted by molar-refractivity contribution is 5.85. The van der Waals surface area contributed by atoms with Gasteiger partial charge in [-0.2, -0.15) is 0 Å². The summed E-state index contributed by atoms with van der Waals surface area (Å²) in [5, 5.41) is 12.2. The van der Waals surface area contributed by atoms with Crippen LogP contribution in [-0.2, 0) is 14.3 Å². The molecular weight excluding hydrogens is 272 g/mol. The van der Waals surface area contributed by atoms with Gasteiger partial charge in [-0.25, -0.2) is 0 Å². The molecule has 0 spiro atoms. The maximum absolute atomic E-state index is 12.2. The number of carboxylic acids is 1. The zero-order chi connectivity index (χ0) is 15.2. The van der Waals surface area contributed by atoms with Crippen LogP contribution in [0, 0.1) is 17.8 Å². The molecule has 1 aliphatic carbocycles. The lowest BCUT2D eigenvalue weighted by Crippen LogP contribution is -2.43. The summed E-state index contributed by atoms with van der Waals surface area (Å²) in [6.07, 6.45) is 2.28. The summed E-state index contributed by atoms with van der Waals surface area (Å²) in [6.45, 7) is 6.73. The van der Waals surface area contributed by atoms with Crippen molar-refractivity contribution in [3.05, 3.63) is 0 Å². The van der Waals surface area contributed by atoms with E-state index in [1.54, 1.807) is 0 Å². The summed E-state index contributed by atoms with van der Waals surface area (Å²) >= 11 is 0. The Labute approximate surface area is 125 Å². The smallest absolute Gasteiger partial charge is 0.307 e. The number of hydrogen-bond acceptors (Lipinski definition) is 4. The standard InChI is InChI=1S/C15H26N2O4/c1-2-11-9-12(13(10-11)15(19)20)14(18)16-3-4-17-5-7-21-8-6-17/h11-13H,2-10H2,1H3,(H,16,18)(H,19,20)/t11?,12-,13+/m0/s1. The van der Waals surface area contributed by atoms with Gasteiger partial charge in [-0.05, 0) is 18.8 Å².